The van der Waals surface area contributed by atoms with E-state index in [0.717, 1.165) is 17.8 Å². The van der Waals surface area contributed by atoms with Crippen LogP contribution in [0, 0.1) is 46.4 Å². The van der Waals surface area contributed by atoms with Crippen LogP contribution in [0.25, 0.3) is 0 Å². The van der Waals surface area contributed by atoms with Gasteiger partial charge in [-0.25, -0.2) is 17.6 Å². The van der Waals surface area contributed by atoms with Gasteiger partial charge in [0.25, 0.3) is 11.8 Å². The van der Waals surface area contributed by atoms with Crippen molar-refractivity contribution < 1.29 is 27.2 Å². The van der Waals surface area contributed by atoms with E-state index >= 15 is 0 Å². The molecule has 1 heterocycles. The molecule has 1 aliphatic heterocycles. The van der Waals surface area contributed by atoms with Crippen LogP contribution in [0.1, 0.15) is 60.7 Å². The van der Waals surface area contributed by atoms with Gasteiger partial charge in [-0.3, -0.25) is 14.9 Å². The van der Waals surface area contributed by atoms with E-state index in [2.05, 4.69) is 20.8 Å². The minimum atomic E-state index is -2.11. The average Bonchev–Trinajstić information content (AvgIpc) is 2.85. The van der Waals surface area contributed by atoms with Crippen LogP contribution in [-0.2, 0) is 0 Å². The summed E-state index contributed by atoms with van der Waals surface area (Å²) in [5.41, 5.74) is -1.50. The van der Waals surface area contributed by atoms with Gasteiger partial charge in [0, 0.05) is 0 Å². The van der Waals surface area contributed by atoms with Crippen LogP contribution < -0.4 is 5.32 Å². The highest BCUT2D eigenvalue weighted by atomic mass is 19.2. The van der Waals surface area contributed by atoms with Gasteiger partial charge in [-0.05, 0) is 36.0 Å². The normalized spacial score (nSPS) is 28.5. The highest BCUT2D eigenvalue weighted by Crippen LogP contribution is 2.61. The highest BCUT2D eigenvalue weighted by Gasteiger charge is 2.52. The first-order valence-corrected chi connectivity index (χ1v) is 8.29. The van der Waals surface area contributed by atoms with E-state index in [1.54, 1.807) is 0 Å². The predicted molar refractivity (Wildman–Crippen MR) is 81.8 cm³/mol. The highest BCUT2D eigenvalue weighted by molar-refractivity contribution is 6.21. The van der Waals surface area contributed by atoms with Gasteiger partial charge in [-0.2, -0.15) is 0 Å². The third-order valence-electron chi connectivity index (χ3n) is 6.15. The van der Waals surface area contributed by atoms with Crippen LogP contribution in [0.5, 0.6) is 0 Å². The summed E-state index contributed by atoms with van der Waals surface area (Å²) < 4.78 is 51.3. The minimum Gasteiger partial charge on any atom is -0.288 e. The standard InChI is InChI=1S/C10H18.C8HF4NO2/c1-7-4-5-8-6-9(7)10(8,2)3;9-3-1-2(8(15)13-7(1)14)4(10)6(12)5(3)11/h7-9H,4-6H2,1-3H3;(H,13,14,15)/t7-,8?,9+;/m1./s1. The van der Waals surface area contributed by atoms with Gasteiger partial charge in [0.1, 0.15) is 0 Å². The zero-order valence-corrected chi connectivity index (χ0v) is 14.2. The maximum absolute atomic E-state index is 13.0. The van der Waals surface area contributed by atoms with Crippen molar-refractivity contribution in [3.05, 3.63) is 34.4 Å². The fraction of sp³-hybridized carbons (Fsp3) is 0.556. The molecule has 1 aromatic carbocycles. The number of fused-ring (bicyclic) bond motifs is 3. The van der Waals surface area contributed by atoms with Crippen LogP contribution in [-0.4, -0.2) is 11.8 Å². The van der Waals surface area contributed by atoms with E-state index in [0.29, 0.717) is 5.41 Å². The zero-order chi connectivity index (χ0) is 18.7. The molecule has 3 aliphatic carbocycles. The largest absolute Gasteiger partial charge is 0.288 e. The van der Waals surface area contributed by atoms with Crippen molar-refractivity contribution >= 4 is 11.8 Å². The Balaban J connectivity index is 0.000000157. The van der Waals surface area contributed by atoms with E-state index < -0.39 is 46.2 Å². The molecule has 0 spiro atoms. The SMILES string of the molecule is C[C@@H]1CCC2C[C@@H]1C2(C)C.O=C1NC(=O)c2c(F)c(F)c(F)c(F)c21. The molecular formula is C18H19F4NO2. The lowest BCUT2D eigenvalue weighted by Gasteiger charge is -2.59. The fourth-order valence-electron chi connectivity index (χ4n) is 4.46. The molecule has 2 amide bonds. The van der Waals surface area contributed by atoms with Crippen LogP contribution in [0.4, 0.5) is 17.6 Å². The Hall–Kier alpha value is -1.92. The molecule has 1 aromatic rings. The first-order chi connectivity index (χ1) is 11.6. The summed E-state index contributed by atoms with van der Waals surface area (Å²) >= 11 is 0. The van der Waals surface area contributed by atoms with E-state index in [1.165, 1.54) is 24.6 Å². The quantitative estimate of drug-likeness (QED) is 0.327. The predicted octanol–water partition coefficient (Wildman–Crippen LogP) is 4.21. The Morgan fingerprint density at radius 2 is 1.36 bits per heavy atom. The second-order valence-corrected chi connectivity index (χ2v) is 7.70. The summed E-state index contributed by atoms with van der Waals surface area (Å²) in [6, 6.07) is 0. The number of benzene rings is 1. The van der Waals surface area contributed by atoms with Gasteiger partial charge in [0.15, 0.2) is 23.3 Å². The Labute approximate surface area is 142 Å². The molecule has 2 bridgehead atoms. The first kappa shape index (κ1) is 17.9. The first-order valence-electron chi connectivity index (χ1n) is 8.29. The van der Waals surface area contributed by atoms with Gasteiger partial charge in [0.05, 0.1) is 11.1 Å². The molecule has 4 aliphatic rings. The molecule has 1 N–H and O–H groups in total. The van der Waals surface area contributed by atoms with Crippen LogP contribution in [0.2, 0.25) is 0 Å². The Morgan fingerprint density at radius 3 is 1.68 bits per heavy atom. The third-order valence-corrected chi connectivity index (χ3v) is 6.15. The number of hydrogen-bond acceptors (Lipinski definition) is 2. The number of nitrogens with one attached hydrogen (secondary N) is 1. The molecule has 0 aromatic heterocycles. The Kier molecular flexibility index (Phi) is 4.16. The van der Waals surface area contributed by atoms with Crippen molar-refractivity contribution in [1.82, 2.24) is 5.32 Å². The van der Waals surface area contributed by atoms with Crippen molar-refractivity contribution in [2.24, 2.45) is 23.2 Å². The van der Waals surface area contributed by atoms with Crippen molar-refractivity contribution in [3.8, 4) is 0 Å². The summed E-state index contributed by atoms with van der Waals surface area (Å²) in [4.78, 5) is 21.8. The van der Waals surface area contributed by atoms with Crippen molar-refractivity contribution in [2.75, 3.05) is 0 Å². The van der Waals surface area contributed by atoms with Crippen LogP contribution in [0.3, 0.4) is 0 Å². The minimum absolute atomic E-state index is 0.706. The van der Waals surface area contributed by atoms with Gasteiger partial charge in [-0.15, -0.1) is 0 Å². The molecule has 25 heavy (non-hydrogen) atoms. The molecule has 0 saturated heterocycles. The van der Waals surface area contributed by atoms with Gasteiger partial charge in [-0.1, -0.05) is 27.2 Å². The fourth-order valence-corrected chi connectivity index (χ4v) is 4.46. The monoisotopic (exact) mass is 357 g/mol. The number of rotatable bonds is 0. The lowest BCUT2D eigenvalue weighted by atomic mass is 9.46. The number of carbonyl (C=O) groups excluding carboxylic acids is 2. The molecule has 3 nitrogen and oxygen atoms in total. The Morgan fingerprint density at radius 1 is 0.880 bits per heavy atom. The third kappa shape index (κ3) is 2.55. The van der Waals surface area contributed by atoms with E-state index in [1.807, 2.05) is 0 Å². The average molecular weight is 357 g/mol. The molecule has 5 rings (SSSR count). The van der Waals surface area contributed by atoms with Crippen molar-refractivity contribution in [2.45, 2.75) is 40.0 Å². The van der Waals surface area contributed by atoms with Gasteiger partial charge < -0.3 is 0 Å². The summed E-state index contributed by atoms with van der Waals surface area (Å²) in [6.45, 7) is 7.35. The number of imide groups is 1. The molecule has 1 unspecified atom stereocenters. The molecule has 7 heteroatoms. The topological polar surface area (TPSA) is 46.2 Å². The lowest BCUT2D eigenvalue weighted by molar-refractivity contribution is -0.0988. The smallest absolute Gasteiger partial charge is 0.262 e. The summed E-state index contributed by atoms with van der Waals surface area (Å²) in [5, 5.41) is 1.53. The maximum atomic E-state index is 13.0. The van der Waals surface area contributed by atoms with Gasteiger partial charge in [0.2, 0.25) is 0 Å². The van der Waals surface area contributed by atoms with Crippen LogP contribution >= 0.6 is 0 Å². The number of amides is 2. The van der Waals surface area contributed by atoms with Crippen molar-refractivity contribution in [1.29, 1.82) is 0 Å². The zero-order valence-electron chi connectivity index (χ0n) is 14.2. The molecule has 3 saturated carbocycles. The molecule has 0 radical (unpaired) electrons. The summed E-state index contributed by atoms with van der Waals surface area (Å²) in [7, 11) is 0. The molecular weight excluding hydrogens is 338 g/mol. The van der Waals surface area contributed by atoms with Crippen molar-refractivity contribution in [3.63, 3.8) is 0 Å². The summed E-state index contributed by atoms with van der Waals surface area (Å²) in [5.74, 6) is -7.39. The van der Waals surface area contributed by atoms with Gasteiger partial charge >= 0.3 is 0 Å². The Bertz CT molecular complexity index is 728. The number of hydrogen-bond donors (Lipinski definition) is 1. The molecule has 3 fully saturated rings. The second-order valence-electron chi connectivity index (χ2n) is 7.70. The molecule has 3 atom stereocenters. The van der Waals surface area contributed by atoms with E-state index in [9.17, 15) is 27.2 Å². The number of carbonyl (C=O) groups is 2. The molecule has 136 valence electrons. The summed E-state index contributed by atoms with van der Waals surface area (Å²) in [6.07, 6.45) is 4.54. The second kappa shape index (κ2) is 5.81. The maximum Gasteiger partial charge on any atom is 0.262 e. The van der Waals surface area contributed by atoms with E-state index in [-0.39, 0.29) is 0 Å². The van der Waals surface area contributed by atoms with Crippen LogP contribution in [0.15, 0.2) is 0 Å². The lowest BCUT2D eigenvalue weighted by Crippen LogP contribution is -2.51. The van der Waals surface area contributed by atoms with E-state index in [4.69, 9.17) is 0 Å². The number of halogens is 4.